The van der Waals surface area contributed by atoms with E-state index < -0.39 is 9.84 Å². The first kappa shape index (κ1) is 16.0. The maximum atomic E-state index is 12.5. The Morgan fingerprint density at radius 2 is 1.94 bits per heavy atom. The van der Waals surface area contributed by atoms with Gasteiger partial charge in [0.25, 0.3) is 0 Å². The monoisotopic (exact) mass is 275 g/mol. The molecule has 0 aromatic heterocycles. The summed E-state index contributed by atoms with van der Waals surface area (Å²) in [4.78, 5) is 0. The first-order chi connectivity index (χ1) is 8.40. The normalized spacial score (nSPS) is 29.7. The highest BCUT2D eigenvalue weighted by Gasteiger charge is 2.37. The second-order valence-corrected chi connectivity index (χ2v) is 8.49. The smallest absolute Gasteiger partial charge is 0.153 e. The number of hydrogen-bond acceptors (Lipinski definition) is 3. The largest absolute Gasteiger partial charge is 0.330 e. The molecule has 0 saturated heterocycles. The molecule has 4 heteroatoms. The molecule has 1 aliphatic rings. The Hall–Kier alpha value is -0.0900. The van der Waals surface area contributed by atoms with E-state index in [1.54, 1.807) is 0 Å². The van der Waals surface area contributed by atoms with E-state index in [0.717, 1.165) is 32.1 Å². The summed E-state index contributed by atoms with van der Waals surface area (Å²) in [5.41, 5.74) is 5.78. The average molecular weight is 275 g/mol. The van der Waals surface area contributed by atoms with Gasteiger partial charge in [0.05, 0.1) is 11.0 Å². The number of hydrogen-bond donors (Lipinski definition) is 1. The minimum absolute atomic E-state index is 0.182. The van der Waals surface area contributed by atoms with Gasteiger partial charge < -0.3 is 5.73 Å². The lowest BCUT2D eigenvalue weighted by Crippen LogP contribution is -2.41. The van der Waals surface area contributed by atoms with Crippen LogP contribution in [0.5, 0.6) is 0 Å². The Morgan fingerprint density at radius 3 is 2.44 bits per heavy atom. The van der Waals surface area contributed by atoms with Gasteiger partial charge >= 0.3 is 0 Å². The predicted octanol–water partition coefficient (Wildman–Crippen LogP) is 2.60. The molecule has 3 nitrogen and oxygen atoms in total. The van der Waals surface area contributed by atoms with Gasteiger partial charge in [0.1, 0.15) is 0 Å². The van der Waals surface area contributed by atoms with Gasteiger partial charge in [0, 0.05) is 0 Å². The zero-order valence-corrected chi connectivity index (χ0v) is 12.9. The summed E-state index contributed by atoms with van der Waals surface area (Å²) < 4.78 is 24.9. The molecule has 3 atom stereocenters. The Balaban J connectivity index is 2.79. The molecule has 0 heterocycles. The molecule has 0 amide bonds. The standard InChI is InChI=1S/C14H29NO2S/c1-4-5-12-6-7-13(9-15)14(8-12)18(16,17)10-11(2)3/h11-14H,4-10,15H2,1-3H3. The molecule has 108 valence electrons. The molecule has 0 aromatic rings. The van der Waals surface area contributed by atoms with Crippen LogP contribution in [-0.4, -0.2) is 26.0 Å². The van der Waals surface area contributed by atoms with Crippen molar-refractivity contribution in [3.8, 4) is 0 Å². The topological polar surface area (TPSA) is 60.2 Å². The van der Waals surface area contributed by atoms with E-state index in [-0.39, 0.29) is 17.1 Å². The van der Waals surface area contributed by atoms with Gasteiger partial charge in [-0.05, 0) is 37.1 Å². The maximum absolute atomic E-state index is 12.5. The third kappa shape index (κ3) is 4.23. The molecule has 0 aliphatic heterocycles. The third-order valence-corrected chi connectivity index (χ3v) is 6.69. The third-order valence-electron chi connectivity index (χ3n) is 4.06. The Kier molecular flexibility index (Phi) is 6.12. The quantitative estimate of drug-likeness (QED) is 0.810. The van der Waals surface area contributed by atoms with Crippen LogP contribution in [0.15, 0.2) is 0 Å². The van der Waals surface area contributed by atoms with Gasteiger partial charge in [-0.15, -0.1) is 0 Å². The van der Waals surface area contributed by atoms with Gasteiger partial charge in [-0.1, -0.05) is 40.0 Å². The highest BCUT2D eigenvalue weighted by Crippen LogP contribution is 2.35. The molecular weight excluding hydrogens is 246 g/mol. The summed E-state index contributed by atoms with van der Waals surface area (Å²) in [6.07, 6.45) is 5.29. The van der Waals surface area contributed by atoms with E-state index in [1.165, 1.54) is 0 Å². The molecule has 3 unspecified atom stereocenters. The lowest BCUT2D eigenvalue weighted by Gasteiger charge is -2.35. The highest BCUT2D eigenvalue weighted by molar-refractivity contribution is 7.92. The Bertz CT molecular complexity index is 338. The van der Waals surface area contributed by atoms with E-state index in [4.69, 9.17) is 5.73 Å². The van der Waals surface area contributed by atoms with Crippen LogP contribution in [0.25, 0.3) is 0 Å². The summed E-state index contributed by atoms with van der Waals surface area (Å²) in [6.45, 7) is 6.64. The van der Waals surface area contributed by atoms with Gasteiger partial charge in [-0.3, -0.25) is 0 Å². The van der Waals surface area contributed by atoms with Crippen LogP contribution in [0.1, 0.15) is 52.9 Å². The number of nitrogens with two attached hydrogens (primary N) is 1. The maximum Gasteiger partial charge on any atom is 0.153 e. The molecule has 0 aromatic carbocycles. The van der Waals surface area contributed by atoms with Crippen molar-refractivity contribution in [2.45, 2.75) is 58.1 Å². The van der Waals surface area contributed by atoms with Gasteiger partial charge in [0.2, 0.25) is 0 Å². The molecular formula is C14H29NO2S. The van der Waals surface area contributed by atoms with E-state index in [2.05, 4.69) is 6.92 Å². The van der Waals surface area contributed by atoms with Crippen LogP contribution >= 0.6 is 0 Å². The van der Waals surface area contributed by atoms with Crippen LogP contribution in [0.2, 0.25) is 0 Å². The number of sulfone groups is 1. The fourth-order valence-corrected chi connectivity index (χ4v) is 5.82. The average Bonchev–Trinajstić information content (AvgIpc) is 2.27. The van der Waals surface area contributed by atoms with Crippen molar-refractivity contribution in [1.29, 1.82) is 0 Å². The summed E-state index contributed by atoms with van der Waals surface area (Å²) in [5, 5.41) is -0.185. The molecule has 0 radical (unpaired) electrons. The van der Waals surface area contributed by atoms with Crippen molar-refractivity contribution in [3.05, 3.63) is 0 Å². The van der Waals surface area contributed by atoms with Crippen molar-refractivity contribution in [2.24, 2.45) is 23.5 Å². The molecule has 18 heavy (non-hydrogen) atoms. The SMILES string of the molecule is CCCC1CCC(CN)C(S(=O)(=O)CC(C)C)C1. The van der Waals surface area contributed by atoms with Crippen molar-refractivity contribution in [1.82, 2.24) is 0 Å². The molecule has 0 spiro atoms. The van der Waals surface area contributed by atoms with Gasteiger partial charge in [-0.2, -0.15) is 0 Å². The first-order valence-electron chi connectivity index (χ1n) is 7.32. The second-order valence-electron chi connectivity index (χ2n) is 6.23. The van der Waals surface area contributed by atoms with Gasteiger partial charge in [-0.25, -0.2) is 8.42 Å². The lowest BCUT2D eigenvalue weighted by molar-refractivity contribution is 0.268. The second kappa shape index (κ2) is 6.90. The molecule has 2 N–H and O–H groups in total. The predicted molar refractivity (Wildman–Crippen MR) is 77.2 cm³/mol. The molecule has 1 saturated carbocycles. The van der Waals surface area contributed by atoms with Crippen molar-refractivity contribution in [2.75, 3.05) is 12.3 Å². The van der Waals surface area contributed by atoms with Gasteiger partial charge in [0.15, 0.2) is 9.84 Å². The fourth-order valence-electron chi connectivity index (χ4n) is 3.24. The van der Waals surface area contributed by atoms with E-state index in [9.17, 15) is 8.42 Å². The van der Waals surface area contributed by atoms with Crippen LogP contribution in [0, 0.1) is 17.8 Å². The summed E-state index contributed by atoms with van der Waals surface area (Å²) in [7, 11) is -2.98. The van der Waals surface area contributed by atoms with Crippen molar-refractivity contribution < 1.29 is 8.42 Å². The highest BCUT2D eigenvalue weighted by atomic mass is 32.2. The van der Waals surface area contributed by atoms with Crippen LogP contribution in [0.4, 0.5) is 0 Å². The summed E-state index contributed by atoms with van der Waals surface area (Å²) in [5.74, 6) is 1.29. The van der Waals surface area contributed by atoms with E-state index >= 15 is 0 Å². The van der Waals surface area contributed by atoms with E-state index in [1.807, 2.05) is 13.8 Å². The van der Waals surface area contributed by atoms with Crippen molar-refractivity contribution >= 4 is 9.84 Å². The minimum atomic E-state index is -2.98. The minimum Gasteiger partial charge on any atom is -0.330 e. The summed E-state index contributed by atoms with van der Waals surface area (Å²) in [6, 6.07) is 0. The van der Waals surface area contributed by atoms with Crippen LogP contribution < -0.4 is 5.73 Å². The molecule has 1 rings (SSSR count). The summed E-state index contributed by atoms with van der Waals surface area (Å²) >= 11 is 0. The first-order valence-corrected chi connectivity index (χ1v) is 9.03. The zero-order valence-electron chi connectivity index (χ0n) is 12.1. The molecule has 1 aliphatic carbocycles. The van der Waals surface area contributed by atoms with Crippen LogP contribution in [0.3, 0.4) is 0 Å². The van der Waals surface area contributed by atoms with Crippen LogP contribution in [-0.2, 0) is 9.84 Å². The molecule has 0 bridgehead atoms. The van der Waals surface area contributed by atoms with Crippen molar-refractivity contribution in [3.63, 3.8) is 0 Å². The molecule has 1 fully saturated rings. The fraction of sp³-hybridized carbons (Fsp3) is 1.00. The van der Waals surface area contributed by atoms with E-state index in [0.29, 0.717) is 18.2 Å². The Morgan fingerprint density at radius 1 is 1.28 bits per heavy atom. The Labute approximate surface area is 112 Å². The lowest BCUT2D eigenvalue weighted by atomic mass is 9.80. The zero-order chi connectivity index (χ0) is 13.8. The number of rotatable bonds is 6.